The van der Waals surface area contributed by atoms with Crippen molar-refractivity contribution in [3.63, 3.8) is 0 Å². The van der Waals surface area contributed by atoms with E-state index in [1.165, 1.54) is 56.2 Å². The second kappa shape index (κ2) is 7.80. The molecule has 0 N–H and O–H groups in total. The molecule has 0 saturated heterocycles. The van der Waals surface area contributed by atoms with Crippen molar-refractivity contribution in [1.29, 1.82) is 0 Å². The number of halogens is 2. The van der Waals surface area contributed by atoms with Gasteiger partial charge in [0.15, 0.2) is 0 Å². The summed E-state index contributed by atoms with van der Waals surface area (Å²) in [6.07, 6.45) is 7.74. The van der Waals surface area contributed by atoms with Gasteiger partial charge in [-0.25, -0.2) is 8.78 Å². The van der Waals surface area contributed by atoms with Gasteiger partial charge in [0.25, 0.3) is 0 Å². The normalized spacial score (nSPS) is 20.1. The zero-order valence-corrected chi connectivity index (χ0v) is 15.8. The van der Waals surface area contributed by atoms with E-state index in [0.29, 0.717) is 22.4 Å². The third kappa shape index (κ3) is 3.76. The molecule has 1 aliphatic rings. The lowest BCUT2D eigenvalue weighted by Crippen LogP contribution is -2.13. The van der Waals surface area contributed by atoms with Crippen LogP contribution in [0.1, 0.15) is 56.9 Å². The quantitative estimate of drug-likeness (QED) is 0.442. The Hall–Kier alpha value is -2.22. The van der Waals surface area contributed by atoms with E-state index in [9.17, 15) is 4.39 Å². The molecular formula is C25H26F2. The van der Waals surface area contributed by atoms with E-state index in [4.69, 9.17) is 0 Å². The third-order valence-corrected chi connectivity index (χ3v) is 6.15. The van der Waals surface area contributed by atoms with Crippen molar-refractivity contribution in [2.75, 3.05) is 0 Å². The number of benzene rings is 3. The van der Waals surface area contributed by atoms with E-state index in [0.717, 1.165) is 11.3 Å². The van der Waals surface area contributed by atoms with Crippen LogP contribution in [0.3, 0.4) is 0 Å². The standard InChI is InChI=1S/C25H26F2/c1-2-3-17-4-6-18(7-5-17)20-10-14-24-21(16-20)11-15-23(25(24)27)19-8-12-22(26)13-9-19/h8-18H,2-7H2,1H3. The molecule has 1 aliphatic carbocycles. The van der Waals surface area contributed by atoms with Crippen LogP contribution in [0.2, 0.25) is 0 Å². The highest BCUT2D eigenvalue weighted by Crippen LogP contribution is 2.39. The van der Waals surface area contributed by atoms with Crippen molar-refractivity contribution in [2.24, 2.45) is 5.92 Å². The van der Waals surface area contributed by atoms with Crippen LogP contribution in [0.25, 0.3) is 21.9 Å². The van der Waals surface area contributed by atoms with Gasteiger partial charge in [0.2, 0.25) is 0 Å². The minimum Gasteiger partial charge on any atom is -0.207 e. The molecule has 0 unspecified atom stereocenters. The molecule has 0 radical (unpaired) electrons. The second-order valence-corrected chi connectivity index (χ2v) is 7.92. The Bertz CT molecular complexity index is 919. The van der Waals surface area contributed by atoms with Crippen LogP contribution in [0.15, 0.2) is 54.6 Å². The summed E-state index contributed by atoms with van der Waals surface area (Å²) in [5, 5.41) is 1.59. The monoisotopic (exact) mass is 364 g/mol. The van der Waals surface area contributed by atoms with E-state index in [2.05, 4.69) is 19.1 Å². The highest BCUT2D eigenvalue weighted by molar-refractivity contribution is 5.88. The number of rotatable bonds is 4. The predicted molar refractivity (Wildman–Crippen MR) is 109 cm³/mol. The molecule has 0 nitrogen and oxygen atoms in total. The molecule has 1 fully saturated rings. The first kappa shape index (κ1) is 18.2. The van der Waals surface area contributed by atoms with Crippen molar-refractivity contribution in [2.45, 2.75) is 51.4 Å². The van der Waals surface area contributed by atoms with Gasteiger partial charge in [0.1, 0.15) is 11.6 Å². The number of fused-ring (bicyclic) bond motifs is 1. The molecule has 0 aliphatic heterocycles. The molecule has 0 bridgehead atoms. The van der Waals surface area contributed by atoms with Gasteiger partial charge < -0.3 is 0 Å². The maximum absolute atomic E-state index is 15.1. The van der Waals surface area contributed by atoms with E-state index >= 15 is 4.39 Å². The summed E-state index contributed by atoms with van der Waals surface area (Å²) in [5.74, 6) is 0.959. The zero-order chi connectivity index (χ0) is 18.8. The second-order valence-electron chi connectivity index (χ2n) is 7.92. The lowest BCUT2D eigenvalue weighted by atomic mass is 9.77. The van der Waals surface area contributed by atoms with E-state index in [1.807, 2.05) is 18.2 Å². The molecule has 3 aromatic rings. The maximum Gasteiger partial charge on any atom is 0.138 e. The molecule has 1 saturated carbocycles. The van der Waals surface area contributed by atoms with Crippen LogP contribution in [0, 0.1) is 17.6 Å². The first-order valence-corrected chi connectivity index (χ1v) is 10.1. The van der Waals surface area contributed by atoms with Crippen LogP contribution >= 0.6 is 0 Å². The van der Waals surface area contributed by atoms with Gasteiger partial charge in [-0.15, -0.1) is 0 Å². The maximum atomic E-state index is 15.1. The zero-order valence-electron chi connectivity index (χ0n) is 15.8. The summed E-state index contributed by atoms with van der Waals surface area (Å²) in [6.45, 7) is 2.27. The fraction of sp³-hybridized carbons (Fsp3) is 0.360. The van der Waals surface area contributed by atoms with Crippen molar-refractivity contribution >= 4 is 10.8 Å². The SMILES string of the molecule is CCCC1CCC(c2ccc3c(F)c(-c4ccc(F)cc4)ccc3c2)CC1. The summed E-state index contributed by atoms with van der Waals surface area (Å²) in [7, 11) is 0. The van der Waals surface area contributed by atoms with E-state index < -0.39 is 0 Å². The molecule has 0 aromatic heterocycles. The van der Waals surface area contributed by atoms with E-state index in [-0.39, 0.29) is 11.6 Å². The van der Waals surface area contributed by atoms with Crippen LogP contribution in [0.5, 0.6) is 0 Å². The summed E-state index contributed by atoms with van der Waals surface area (Å²) in [4.78, 5) is 0. The van der Waals surface area contributed by atoms with Crippen molar-refractivity contribution < 1.29 is 8.78 Å². The average Bonchev–Trinajstić information content (AvgIpc) is 2.70. The molecule has 0 spiro atoms. The molecule has 140 valence electrons. The largest absolute Gasteiger partial charge is 0.207 e. The summed E-state index contributed by atoms with van der Waals surface area (Å²) in [6, 6.07) is 16.0. The van der Waals surface area contributed by atoms with Gasteiger partial charge in [0.05, 0.1) is 0 Å². The van der Waals surface area contributed by atoms with Gasteiger partial charge in [-0.1, -0.05) is 62.2 Å². The number of hydrogen-bond acceptors (Lipinski definition) is 0. The van der Waals surface area contributed by atoms with Gasteiger partial charge in [-0.2, -0.15) is 0 Å². The first-order chi connectivity index (χ1) is 13.2. The third-order valence-electron chi connectivity index (χ3n) is 6.15. The molecule has 0 amide bonds. The van der Waals surface area contributed by atoms with Gasteiger partial charge in [-0.05, 0) is 66.2 Å². The van der Waals surface area contributed by atoms with Gasteiger partial charge >= 0.3 is 0 Å². The average molecular weight is 364 g/mol. The summed E-state index contributed by atoms with van der Waals surface area (Å²) >= 11 is 0. The summed E-state index contributed by atoms with van der Waals surface area (Å²) < 4.78 is 28.2. The van der Waals surface area contributed by atoms with Crippen molar-refractivity contribution in [1.82, 2.24) is 0 Å². The molecular weight excluding hydrogens is 338 g/mol. The van der Waals surface area contributed by atoms with Crippen LogP contribution in [-0.4, -0.2) is 0 Å². The highest BCUT2D eigenvalue weighted by Gasteiger charge is 2.22. The van der Waals surface area contributed by atoms with Crippen LogP contribution in [-0.2, 0) is 0 Å². The molecule has 0 heterocycles. The Morgan fingerprint density at radius 2 is 1.59 bits per heavy atom. The summed E-state index contributed by atoms with van der Waals surface area (Å²) in [5.41, 5.74) is 2.57. The van der Waals surface area contributed by atoms with Crippen molar-refractivity contribution in [3.8, 4) is 11.1 Å². The van der Waals surface area contributed by atoms with E-state index in [1.54, 1.807) is 12.1 Å². The molecule has 3 aromatic carbocycles. The highest BCUT2D eigenvalue weighted by atomic mass is 19.1. The Kier molecular flexibility index (Phi) is 5.24. The van der Waals surface area contributed by atoms with Crippen LogP contribution in [0.4, 0.5) is 8.78 Å². The minimum atomic E-state index is -0.307. The van der Waals surface area contributed by atoms with Gasteiger partial charge in [-0.3, -0.25) is 0 Å². The minimum absolute atomic E-state index is 0.225. The first-order valence-electron chi connectivity index (χ1n) is 10.1. The molecule has 4 rings (SSSR count). The Morgan fingerprint density at radius 1 is 0.852 bits per heavy atom. The molecule has 27 heavy (non-hydrogen) atoms. The lowest BCUT2D eigenvalue weighted by molar-refractivity contribution is 0.308. The fourth-order valence-corrected chi connectivity index (χ4v) is 4.61. The fourth-order valence-electron chi connectivity index (χ4n) is 4.61. The van der Waals surface area contributed by atoms with Crippen LogP contribution < -0.4 is 0 Å². The molecule has 2 heteroatoms. The topological polar surface area (TPSA) is 0 Å². The van der Waals surface area contributed by atoms with Crippen molar-refractivity contribution in [3.05, 3.63) is 71.8 Å². The Balaban J connectivity index is 1.61. The lowest BCUT2D eigenvalue weighted by Gasteiger charge is -2.28. The number of hydrogen-bond donors (Lipinski definition) is 0. The Labute approximate surface area is 160 Å². The predicted octanol–water partition coefficient (Wildman–Crippen LogP) is 7.86. The Morgan fingerprint density at radius 3 is 2.30 bits per heavy atom. The van der Waals surface area contributed by atoms with Gasteiger partial charge in [0, 0.05) is 10.9 Å². The smallest absolute Gasteiger partial charge is 0.138 e. The molecule has 0 atom stereocenters.